The molecule has 1 heteroatoms. The Morgan fingerprint density at radius 3 is 2.55 bits per heavy atom. The molecule has 106 valence electrons. The molecule has 0 saturated carbocycles. The van der Waals surface area contributed by atoms with Crippen LogP contribution in [0.4, 0.5) is 0 Å². The van der Waals surface area contributed by atoms with Crippen LogP contribution in [0, 0.1) is 0 Å². The van der Waals surface area contributed by atoms with Gasteiger partial charge in [0.05, 0.1) is 0 Å². The predicted molar refractivity (Wildman–Crippen MR) is 89.0 cm³/mol. The van der Waals surface area contributed by atoms with E-state index in [-0.39, 0.29) is 0 Å². The summed E-state index contributed by atoms with van der Waals surface area (Å²) in [5.74, 6) is 0. The van der Waals surface area contributed by atoms with Gasteiger partial charge in [-0.25, -0.2) is 0 Å². The standard InChI is InChI=1S/C19H25N/c1-4-12-20-19(13-15(3)5-2)18-11-10-16-8-6-7-9-17(16)14-18/h6-11,14,19-20H,3-5,12-13H2,1-2H3. The SMILES string of the molecule is C=C(CC)CC(NCCC)c1ccc2ccccc2c1. The molecule has 0 spiro atoms. The molecule has 0 aliphatic rings. The highest BCUT2D eigenvalue weighted by Gasteiger charge is 2.12. The fourth-order valence-corrected chi connectivity index (χ4v) is 2.48. The zero-order valence-electron chi connectivity index (χ0n) is 12.7. The van der Waals surface area contributed by atoms with Gasteiger partial charge in [-0.15, -0.1) is 0 Å². The van der Waals surface area contributed by atoms with Gasteiger partial charge >= 0.3 is 0 Å². The lowest BCUT2D eigenvalue weighted by Gasteiger charge is -2.20. The first-order valence-corrected chi connectivity index (χ1v) is 7.63. The second kappa shape index (κ2) is 7.25. The normalized spacial score (nSPS) is 12.5. The molecule has 1 nitrogen and oxygen atoms in total. The summed E-state index contributed by atoms with van der Waals surface area (Å²) in [5.41, 5.74) is 2.68. The first-order chi connectivity index (χ1) is 9.74. The van der Waals surface area contributed by atoms with Crippen LogP contribution < -0.4 is 5.32 Å². The minimum absolute atomic E-state index is 0.381. The molecular formula is C19H25N. The Balaban J connectivity index is 2.26. The summed E-state index contributed by atoms with van der Waals surface area (Å²) in [6.45, 7) is 9.61. The van der Waals surface area contributed by atoms with Crippen molar-refractivity contribution in [1.82, 2.24) is 5.32 Å². The summed E-state index contributed by atoms with van der Waals surface area (Å²) in [5, 5.41) is 6.28. The van der Waals surface area contributed by atoms with Crippen molar-refractivity contribution in [3.8, 4) is 0 Å². The molecule has 1 unspecified atom stereocenters. The zero-order valence-corrected chi connectivity index (χ0v) is 12.7. The van der Waals surface area contributed by atoms with E-state index in [2.05, 4.69) is 68.2 Å². The first kappa shape index (κ1) is 14.8. The van der Waals surface area contributed by atoms with Crippen LogP contribution in [0.1, 0.15) is 44.7 Å². The van der Waals surface area contributed by atoms with Crippen molar-refractivity contribution in [2.75, 3.05) is 6.54 Å². The summed E-state index contributed by atoms with van der Waals surface area (Å²) >= 11 is 0. The number of nitrogens with one attached hydrogen (secondary N) is 1. The van der Waals surface area contributed by atoms with Crippen molar-refractivity contribution in [2.45, 2.75) is 39.2 Å². The Bertz CT molecular complexity index is 571. The fraction of sp³-hybridized carbons (Fsp3) is 0.368. The molecule has 0 saturated heterocycles. The lowest BCUT2D eigenvalue weighted by atomic mass is 9.96. The maximum absolute atomic E-state index is 4.17. The van der Waals surface area contributed by atoms with Crippen LogP contribution in [0.5, 0.6) is 0 Å². The summed E-state index contributed by atoms with van der Waals surface area (Å²) in [4.78, 5) is 0. The number of benzene rings is 2. The van der Waals surface area contributed by atoms with Crippen molar-refractivity contribution in [2.24, 2.45) is 0 Å². The third-order valence-electron chi connectivity index (χ3n) is 3.81. The molecule has 0 aromatic heterocycles. The molecule has 0 fully saturated rings. The molecule has 0 heterocycles. The van der Waals surface area contributed by atoms with E-state index in [1.54, 1.807) is 0 Å². The van der Waals surface area contributed by atoms with Crippen molar-refractivity contribution in [1.29, 1.82) is 0 Å². The van der Waals surface area contributed by atoms with Crippen LogP contribution in [-0.4, -0.2) is 6.54 Å². The van der Waals surface area contributed by atoms with Crippen molar-refractivity contribution in [3.63, 3.8) is 0 Å². The molecule has 2 aromatic carbocycles. The molecule has 0 amide bonds. The van der Waals surface area contributed by atoms with E-state index in [1.165, 1.54) is 21.9 Å². The van der Waals surface area contributed by atoms with Gasteiger partial charge in [-0.05, 0) is 48.2 Å². The zero-order chi connectivity index (χ0) is 14.4. The maximum Gasteiger partial charge on any atom is 0.0357 e. The quantitative estimate of drug-likeness (QED) is 0.677. The average Bonchev–Trinajstić information content (AvgIpc) is 2.50. The van der Waals surface area contributed by atoms with Gasteiger partial charge in [0, 0.05) is 6.04 Å². The van der Waals surface area contributed by atoms with E-state index in [1.807, 2.05) is 0 Å². The number of fused-ring (bicyclic) bond motifs is 1. The van der Waals surface area contributed by atoms with E-state index in [0.29, 0.717) is 6.04 Å². The van der Waals surface area contributed by atoms with Crippen LogP contribution in [0.25, 0.3) is 10.8 Å². The second-order valence-electron chi connectivity index (χ2n) is 5.42. The predicted octanol–water partition coefficient (Wildman–Crippen LogP) is 5.24. The molecule has 0 aliphatic carbocycles. The molecular weight excluding hydrogens is 242 g/mol. The lowest BCUT2D eigenvalue weighted by Crippen LogP contribution is -2.22. The van der Waals surface area contributed by atoms with Gasteiger partial charge in [-0.3, -0.25) is 0 Å². The van der Waals surface area contributed by atoms with Gasteiger partial charge in [0.2, 0.25) is 0 Å². The topological polar surface area (TPSA) is 12.0 Å². The van der Waals surface area contributed by atoms with E-state index in [9.17, 15) is 0 Å². The highest BCUT2D eigenvalue weighted by atomic mass is 14.9. The van der Waals surface area contributed by atoms with Crippen LogP contribution in [0.3, 0.4) is 0 Å². The molecule has 2 rings (SSSR count). The summed E-state index contributed by atoms with van der Waals surface area (Å²) in [7, 11) is 0. The van der Waals surface area contributed by atoms with Gasteiger partial charge in [0.25, 0.3) is 0 Å². The Kier molecular flexibility index (Phi) is 5.37. The van der Waals surface area contributed by atoms with E-state index in [0.717, 1.165) is 25.8 Å². The molecule has 0 aliphatic heterocycles. The van der Waals surface area contributed by atoms with Crippen LogP contribution >= 0.6 is 0 Å². The van der Waals surface area contributed by atoms with E-state index < -0.39 is 0 Å². The molecule has 1 atom stereocenters. The summed E-state index contributed by atoms with van der Waals surface area (Å²) in [6, 6.07) is 15.7. The Morgan fingerprint density at radius 2 is 1.85 bits per heavy atom. The Labute approximate surface area is 122 Å². The number of hydrogen-bond donors (Lipinski definition) is 1. The minimum atomic E-state index is 0.381. The summed E-state index contributed by atoms with van der Waals surface area (Å²) in [6.07, 6.45) is 3.23. The Hall–Kier alpha value is -1.60. The number of rotatable bonds is 7. The van der Waals surface area contributed by atoms with Crippen molar-refractivity contribution >= 4 is 10.8 Å². The molecule has 0 bridgehead atoms. The van der Waals surface area contributed by atoms with E-state index in [4.69, 9.17) is 0 Å². The van der Waals surface area contributed by atoms with Gasteiger partial charge < -0.3 is 5.32 Å². The van der Waals surface area contributed by atoms with Gasteiger partial charge in [0.15, 0.2) is 0 Å². The van der Waals surface area contributed by atoms with Crippen LogP contribution in [0.2, 0.25) is 0 Å². The Morgan fingerprint density at radius 1 is 1.10 bits per heavy atom. The monoisotopic (exact) mass is 267 g/mol. The minimum Gasteiger partial charge on any atom is -0.310 e. The number of hydrogen-bond acceptors (Lipinski definition) is 1. The van der Waals surface area contributed by atoms with E-state index >= 15 is 0 Å². The molecule has 20 heavy (non-hydrogen) atoms. The average molecular weight is 267 g/mol. The third kappa shape index (κ3) is 3.71. The molecule has 1 N–H and O–H groups in total. The summed E-state index contributed by atoms with van der Waals surface area (Å²) < 4.78 is 0. The maximum atomic E-state index is 4.17. The highest BCUT2D eigenvalue weighted by Crippen LogP contribution is 2.25. The first-order valence-electron chi connectivity index (χ1n) is 7.63. The van der Waals surface area contributed by atoms with Gasteiger partial charge in [0.1, 0.15) is 0 Å². The fourth-order valence-electron chi connectivity index (χ4n) is 2.48. The lowest BCUT2D eigenvalue weighted by molar-refractivity contribution is 0.524. The molecule has 2 aromatic rings. The second-order valence-corrected chi connectivity index (χ2v) is 5.42. The smallest absolute Gasteiger partial charge is 0.0357 e. The third-order valence-corrected chi connectivity index (χ3v) is 3.81. The van der Waals surface area contributed by atoms with Gasteiger partial charge in [-0.1, -0.05) is 62.4 Å². The van der Waals surface area contributed by atoms with Gasteiger partial charge in [-0.2, -0.15) is 0 Å². The van der Waals surface area contributed by atoms with Crippen LogP contribution in [0.15, 0.2) is 54.6 Å². The van der Waals surface area contributed by atoms with Crippen molar-refractivity contribution in [3.05, 3.63) is 60.2 Å². The highest BCUT2D eigenvalue weighted by molar-refractivity contribution is 5.83. The molecule has 0 radical (unpaired) electrons. The van der Waals surface area contributed by atoms with Crippen LogP contribution in [-0.2, 0) is 0 Å². The van der Waals surface area contributed by atoms with Crippen molar-refractivity contribution < 1.29 is 0 Å². The largest absolute Gasteiger partial charge is 0.310 e.